The third kappa shape index (κ3) is 3.42. The Hall–Kier alpha value is -1.21. The Bertz CT molecular complexity index is 643. The van der Waals surface area contributed by atoms with Crippen molar-refractivity contribution in [2.75, 3.05) is 5.32 Å². The lowest BCUT2D eigenvalue weighted by Crippen LogP contribution is -2.12. The molecule has 0 atom stereocenters. The predicted octanol–water partition coefficient (Wildman–Crippen LogP) is 4.12. The van der Waals surface area contributed by atoms with Gasteiger partial charge in [-0.15, -0.1) is 0 Å². The van der Waals surface area contributed by atoms with Crippen molar-refractivity contribution in [3.05, 3.63) is 56.9 Å². The lowest BCUT2D eigenvalue weighted by atomic mass is 10.1. The molecule has 0 amide bonds. The van der Waals surface area contributed by atoms with Crippen LogP contribution in [0.15, 0.2) is 36.4 Å². The smallest absolute Gasteiger partial charge is 0.124 e. The Balaban J connectivity index is 2.42. The Morgan fingerprint density at radius 2 is 1.95 bits per heavy atom. The minimum absolute atomic E-state index is 0.256. The Labute approximate surface area is 130 Å². The molecule has 0 aromatic heterocycles. The van der Waals surface area contributed by atoms with Crippen LogP contribution >= 0.6 is 34.8 Å². The molecule has 0 aliphatic heterocycles. The zero-order chi connectivity index (χ0) is 14.0. The number of thiocarbonyl (C=S) groups is 1. The van der Waals surface area contributed by atoms with Gasteiger partial charge in [0.2, 0.25) is 0 Å². The van der Waals surface area contributed by atoms with Crippen molar-refractivity contribution in [3.8, 4) is 0 Å². The van der Waals surface area contributed by atoms with Gasteiger partial charge in [-0.2, -0.15) is 0 Å². The van der Waals surface area contributed by atoms with E-state index in [9.17, 15) is 4.39 Å². The number of nitrogens with one attached hydrogen (secondary N) is 1. The van der Waals surface area contributed by atoms with Crippen molar-refractivity contribution in [1.82, 2.24) is 0 Å². The van der Waals surface area contributed by atoms with E-state index in [1.807, 2.05) is 25.1 Å². The van der Waals surface area contributed by atoms with Crippen LogP contribution in [0.5, 0.6) is 0 Å². The molecule has 0 heterocycles. The first-order valence-electron chi connectivity index (χ1n) is 5.60. The van der Waals surface area contributed by atoms with E-state index in [2.05, 4.69) is 27.9 Å². The maximum Gasteiger partial charge on any atom is 0.124 e. The molecule has 0 unspecified atom stereocenters. The van der Waals surface area contributed by atoms with Gasteiger partial charge >= 0.3 is 0 Å². The van der Waals surface area contributed by atoms with Crippen molar-refractivity contribution in [1.29, 1.82) is 0 Å². The quantitative estimate of drug-likeness (QED) is 0.616. The largest absolute Gasteiger partial charge is 0.389 e. The van der Waals surface area contributed by atoms with Crippen LogP contribution in [0.2, 0.25) is 0 Å². The minimum Gasteiger partial charge on any atom is -0.389 e. The molecule has 0 spiro atoms. The van der Waals surface area contributed by atoms with Gasteiger partial charge in [-0.1, -0.05) is 18.3 Å². The molecule has 2 nitrogen and oxygen atoms in total. The maximum atomic E-state index is 13.1. The van der Waals surface area contributed by atoms with Gasteiger partial charge in [0.25, 0.3) is 0 Å². The summed E-state index contributed by atoms with van der Waals surface area (Å²) in [6, 6.07) is 10.4. The highest BCUT2D eigenvalue weighted by Crippen LogP contribution is 2.26. The zero-order valence-electron chi connectivity index (χ0n) is 10.2. The third-order valence-corrected chi connectivity index (χ3v) is 3.75. The van der Waals surface area contributed by atoms with Gasteiger partial charge < -0.3 is 11.1 Å². The van der Waals surface area contributed by atoms with Crippen LogP contribution in [0.4, 0.5) is 15.8 Å². The molecular formula is C14H12FIN2S. The summed E-state index contributed by atoms with van der Waals surface area (Å²) in [7, 11) is 0. The molecule has 3 N–H and O–H groups in total. The normalized spacial score (nSPS) is 10.3. The van der Waals surface area contributed by atoms with Gasteiger partial charge in [0.05, 0.1) is 5.69 Å². The second kappa shape index (κ2) is 5.83. The number of halogens is 2. The van der Waals surface area contributed by atoms with E-state index in [1.54, 1.807) is 6.07 Å². The number of hydrogen-bond acceptors (Lipinski definition) is 2. The SMILES string of the molecule is Cc1ccc(C(N)=S)c(Nc2ccc(F)cc2I)c1. The predicted molar refractivity (Wildman–Crippen MR) is 89.5 cm³/mol. The Morgan fingerprint density at radius 3 is 2.58 bits per heavy atom. The lowest BCUT2D eigenvalue weighted by Gasteiger charge is -2.13. The molecular weight excluding hydrogens is 374 g/mol. The first-order chi connectivity index (χ1) is 8.97. The summed E-state index contributed by atoms with van der Waals surface area (Å²) in [5, 5.41) is 3.25. The van der Waals surface area contributed by atoms with Crippen LogP contribution < -0.4 is 11.1 Å². The molecule has 2 aromatic rings. The molecule has 2 aromatic carbocycles. The second-order valence-corrected chi connectivity index (χ2v) is 5.76. The Morgan fingerprint density at radius 1 is 1.21 bits per heavy atom. The summed E-state index contributed by atoms with van der Waals surface area (Å²) in [6.07, 6.45) is 0. The summed E-state index contributed by atoms with van der Waals surface area (Å²) < 4.78 is 13.9. The van der Waals surface area contributed by atoms with E-state index < -0.39 is 0 Å². The van der Waals surface area contributed by atoms with Crippen molar-refractivity contribution in [2.24, 2.45) is 5.73 Å². The van der Waals surface area contributed by atoms with Crippen molar-refractivity contribution < 1.29 is 4.39 Å². The average Bonchev–Trinajstić information content (AvgIpc) is 2.32. The summed E-state index contributed by atoms with van der Waals surface area (Å²) >= 11 is 7.12. The first-order valence-corrected chi connectivity index (χ1v) is 7.08. The number of anilines is 2. The molecule has 5 heteroatoms. The first kappa shape index (κ1) is 14.2. The molecule has 19 heavy (non-hydrogen) atoms. The monoisotopic (exact) mass is 386 g/mol. The van der Waals surface area contributed by atoms with Gasteiger partial charge in [0, 0.05) is 14.8 Å². The van der Waals surface area contributed by atoms with Crippen molar-refractivity contribution >= 4 is 51.2 Å². The van der Waals surface area contributed by atoms with Crippen LogP contribution in [0.1, 0.15) is 11.1 Å². The van der Waals surface area contributed by atoms with Crippen molar-refractivity contribution in [3.63, 3.8) is 0 Å². The average molecular weight is 386 g/mol. The topological polar surface area (TPSA) is 38.0 Å². The van der Waals surface area contributed by atoms with Crippen LogP contribution in [-0.2, 0) is 0 Å². The van der Waals surface area contributed by atoms with Gasteiger partial charge in [-0.05, 0) is 65.4 Å². The summed E-state index contributed by atoms with van der Waals surface area (Å²) in [4.78, 5) is 0.333. The summed E-state index contributed by atoms with van der Waals surface area (Å²) in [6.45, 7) is 1.99. The highest BCUT2D eigenvalue weighted by molar-refractivity contribution is 14.1. The number of rotatable bonds is 3. The molecule has 0 radical (unpaired) electrons. The molecule has 0 saturated carbocycles. The molecule has 0 aliphatic carbocycles. The Kier molecular flexibility index (Phi) is 4.36. The highest BCUT2D eigenvalue weighted by atomic mass is 127. The molecule has 0 saturated heterocycles. The van der Waals surface area contributed by atoms with Crippen LogP contribution in [0, 0.1) is 16.3 Å². The zero-order valence-corrected chi connectivity index (χ0v) is 13.2. The van der Waals surface area contributed by atoms with Crippen molar-refractivity contribution in [2.45, 2.75) is 6.92 Å². The van der Waals surface area contributed by atoms with E-state index in [1.165, 1.54) is 12.1 Å². The number of benzene rings is 2. The van der Waals surface area contributed by atoms with Gasteiger partial charge in [0.1, 0.15) is 10.8 Å². The number of nitrogens with two attached hydrogens (primary N) is 1. The molecule has 0 bridgehead atoms. The van der Waals surface area contributed by atoms with Crippen LogP contribution in [0.3, 0.4) is 0 Å². The van der Waals surface area contributed by atoms with E-state index >= 15 is 0 Å². The molecule has 98 valence electrons. The van der Waals surface area contributed by atoms with Gasteiger partial charge in [0.15, 0.2) is 0 Å². The molecule has 0 aliphatic rings. The highest BCUT2D eigenvalue weighted by Gasteiger charge is 2.08. The lowest BCUT2D eigenvalue weighted by molar-refractivity contribution is 0.627. The summed E-state index contributed by atoms with van der Waals surface area (Å²) in [5.41, 5.74) is 9.24. The van der Waals surface area contributed by atoms with Gasteiger partial charge in [-0.25, -0.2) is 4.39 Å². The fourth-order valence-electron chi connectivity index (χ4n) is 1.71. The fraction of sp³-hybridized carbons (Fsp3) is 0.0714. The van der Waals surface area contributed by atoms with E-state index in [0.717, 1.165) is 26.1 Å². The number of hydrogen-bond donors (Lipinski definition) is 2. The third-order valence-electron chi connectivity index (χ3n) is 2.64. The van der Waals surface area contributed by atoms with Gasteiger partial charge in [-0.3, -0.25) is 0 Å². The number of aryl methyl sites for hydroxylation is 1. The maximum absolute atomic E-state index is 13.1. The fourth-order valence-corrected chi connectivity index (χ4v) is 2.50. The minimum atomic E-state index is -0.256. The molecule has 2 rings (SSSR count). The van der Waals surface area contributed by atoms with Crippen LogP contribution in [-0.4, -0.2) is 4.99 Å². The standard InChI is InChI=1S/C14H12FIN2S/c1-8-2-4-10(14(17)19)13(6-8)18-12-5-3-9(15)7-11(12)16/h2-7,18H,1H3,(H2,17,19). The van der Waals surface area contributed by atoms with E-state index in [0.29, 0.717) is 4.99 Å². The molecule has 0 fully saturated rings. The van der Waals surface area contributed by atoms with Crippen LogP contribution in [0.25, 0.3) is 0 Å². The second-order valence-electron chi connectivity index (χ2n) is 4.16. The summed E-state index contributed by atoms with van der Waals surface area (Å²) in [5.74, 6) is -0.256. The van der Waals surface area contributed by atoms with E-state index in [-0.39, 0.29) is 5.82 Å². The van der Waals surface area contributed by atoms with E-state index in [4.69, 9.17) is 18.0 Å².